The topological polar surface area (TPSA) is 89.0 Å². The third-order valence-electron chi connectivity index (χ3n) is 2.36. The molecule has 0 aliphatic rings. The van der Waals surface area contributed by atoms with E-state index in [-0.39, 0.29) is 6.54 Å². The van der Waals surface area contributed by atoms with Gasteiger partial charge in [0.25, 0.3) is 0 Å². The van der Waals surface area contributed by atoms with Crippen molar-refractivity contribution in [2.45, 2.75) is 0 Å². The van der Waals surface area contributed by atoms with Crippen LogP contribution in [0.25, 0.3) is 0 Å². The largest absolute Gasteiger partial charge is 0.496 e. The summed E-state index contributed by atoms with van der Waals surface area (Å²) >= 11 is 3.32. The van der Waals surface area contributed by atoms with Crippen molar-refractivity contribution in [3.8, 4) is 5.75 Å². The molecule has 2 N–H and O–H groups in total. The number of methoxy groups -OCH3 is 2. The maximum atomic E-state index is 11.4. The Hall–Kier alpha value is -1.93. The first-order valence-electron chi connectivity index (χ1n) is 6.02. The predicted octanol–water partition coefficient (Wildman–Crippen LogP) is 0.670. The summed E-state index contributed by atoms with van der Waals surface area (Å²) in [5.74, 6) is -1.03. The van der Waals surface area contributed by atoms with Crippen molar-refractivity contribution in [3.05, 3.63) is 28.2 Å². The molecule has 114 valence electrons. The summed E-state index contributed by atoms with van der Waals surface area (Å²) in [6, 6.07) is 5.34. The minimum atomic E-state index is -0.851. The lowest BCUT2D eigenvalue weighted by atomic mass is 10.2. The molecule has 0 aliphatic heterocycles. The second-order valence-electron chi connectivity index (χ2n) is 3.83. The zero-order chi connectivity index (χ0) is 15.7. The van der Waals surface area contributed by atoms with E-state index in [9.17, 15) is 9.59 Å². The zero-order valence-corrected chi connectivity index (χ0v) is 13.3. The monoisotopic (exact) mass is 357 g/mol. The minimum Gasteiger partial charge on any atom is -0.496 e. The van der Waals surface area contributed by atoms with Crippen LogP contribution >= 0.6 is 15.9 Å². The van der Waals surface area contributed by atoms with Gasteiger partial charge in [-0.1, -0.05) is 15.9 Å². The van der Waals surface area contributed by atoms with Gasteiger partial charge in [0.2, 0.25) is 0 Å². The van der Waals surface area contributed by atoms with E-state index >= 15 is 0 Å². The van der Waals surface area contributed by atoms with Gasteiger partial charge in [0.05, 0.1) is 19.9 Å². The minimum absolute atomic E-state index is 0.256. The summed E-state index contributed by atoms with van der Waals surface area (Å²) in [6.45, 7) is 0.587. The molecular weight excluding hydrogens is 342 g/mol. The number of halogens is 1. The molecule has 0 bridgehead atoms. The fourth-order valence-corrected chi connectivity index (χ4v) is 1.74. The second kappa shape index (κ2) is 9.09. The molecule has 2 amide bonds. The maximum absolute atomic E-state index is 11.4. The molecule has 0 atom stereocenters. The highest BCUT2D eigenvalue weighted by atomic mass is 79.9. The van der Waals surface area contributed by atoms with Crippen LogP contribution in [-0.2, 0) is 14.3 Å². The Morgan fingerprint density at radius 3 is 2.76 bits per heavy atom. The lowest BCUT2D eigenvalue weighted by molar-refractivity contribution is -0.139. The number of hydrazone groups is 1. The average molecular weight is 358 g/mol. The molecule has 1 aromatic carbocycles. The molecule has 21 heavy (non-hydrogen) atoms. The van der Waals surface area contributed by atoms with E-state index in [1.54, 1.807) is 12.1 Å². The van der Waals surface area contributed by atoms with E-state index in [1.165, 1.54) is 20.4 Å². The normalized spacial score (nSPS) is 10.4. The van der Waals surface area contributed by atoms with E-state index in [4.69, 9.17) is 9.47 Å². The van der Waals surface area contributed by atoms with Crippen molar-refractivity contribution in [1.29, 1.82) is 0 Å². The number of nitrogens with zero attached hydrogens (tertiary/aromatic N) is 1. The van der Waals surface area contributed by atoms with Crippen LogP contribution in [0.15, 0.2) is 27.8 Å². The van der Waals surface area contributed by atoms with Crippen LogP contribution in [0.5, 0.6) is 5.75 Å². The molecule has 0 fully saturated rings. The summed E-state index contributed by atoms with van der Waals surface area (Å²) in [5, 5.41) is 6.10. The van der Waals surface area contributed by atoms with Gasteiger partial charge in [-0.25, -0.2) is 5.43 Å². The third kappa shape index (κ3) is 5.92. The van der Waals surface area contributed by atoms with Crippen LogP contribution in [0.2, 0.25) is 0 Å². The first kappa shape index (κ1) is 17.1. The van der Waals surface area contributed by atoms with Gasteiger partial charge in [0.15, 0.2) is 0 Å². The molecule has 7 nitrogen and oxygen atoms in total. The molecule has 0 unspecified atom stereocenters. The number of ether oxygens (including phenoxy) is 2. The Morgan fingerprint density at radius 1 is 1.33 bits per heavy atom. The lowest BCUT2D eigenvalue weighted by Crippen LogP contribution is -2.39. The predicted molar refractivity (Wildman–Crippen MR) is 81.3 cm³/mol. The summed E-state index contributed by atoms with van der Waals surface area (Å²) in [6.07, 6.45) is 1.39. The number of amides is 2. The van der Waals surface area contributed by atoms with Gasteiger partial charge in [-0.2, -0.15) is 5.10 Å². The second-order valence-corrected chi connectivity index (χ2v) is 4.75. The van der Waals surface area contributed by atoms with Gasteiger partial charge >= 0.3 is 11.8 Å². The van der Waals surface area contributed by atoms with E-state index in [0.717, 1.165) is 4.47 Å². The van der Waals surface area contributed by atoms with Gasteiger partial charge in [-0.15, -0.1) is 0 Å². The van der Waals surface area contributed by atoms with E-state index in [2.05, 4.69) is 31.8 Å². The number of rotatable bonds is 6. The van der Waals surface area contributed by atoms with Crippen molar-refractivity contribution >= 4 is 34.0 Å². The number of nitrogens with one attached hydrogen (secondary N) is 2. The fourth-order valence-electron chi connectivity index (χ4n) is 1.36. The van der Waals surface area contributed by atoms with Gasteiger partial charge < -0.3 is 14.8 Å². The molecule has 0 radical (unpaired) electrons. The summed E-state index contributed by atoms with van der Waals surface area (Å²) < 4.78 is 10.7. The van der Waals surface area contributed by atoms with E-state index < -0.39 is 11.8 Å². The number of benzene rings is 1. The first-order chi connectivity index (χ1) is 10.1. The Labute approximate surface area is 130 Å². The van der Waals surface area contributed by atoms with Crippen LogP contribution < -0.4 is 15.5 Å². The van der Waals surface area contributed by atoms with Gasteiger partial charge in [-0.3, -0.25) is 9.59 Å². The number of carbonyl (C=O) groups excluding carboxylic acids is 2. The fraction of sp³-hybridized carbons (Fsp3) is 0.308. The van der Waals surface area contributed by atoms with Crippen LogP contribution in [0.1, 0.15) is 5.56 Å². The summed E-state index contributed by atoms with van der Waals surface area (Å²) in [4.78, 5) is 22.8. The molecule has 0 aliphatic carbocycles. The highest BCUT2D eigenvalue weighted by Crippen LogP contribution is 2.21. The van der Waals surface area contributed by atoms with Crippen molar-refractivity contribution in [2.75, 3.05) is 27.4 Å². The number of carbonyl (C=O) groups is 2. The highest BCUT2D eigenvalue weighted by molar-refractivity contribution is 9.10. The molecular formula is C13H16BrN3O4. The van der Waals surface area contributed by atoms with Gasteiger partial charge in [0.1, 0.15) is 5.75 Å². The molecule has 8 heteroatoms. The average Bonchev–Trinajstić information content (AvgIpc) is 2.47. The SMILES string of the molecule is COCCNC(=O)C(=O)N/N=C/c1cc(Br)ccc1OC. The number of hydrogen-bond acceptors (Lipinski definition) is 5. The Morgan fingerprint density at radius 2 is 2.10 bits per heavy atom. The van der Waals surface area contributed by atoms with Crippen LogP contribution in [0, 0.1) is 0 Å². The van der Waals surface area contributed by atoms with E-state index in [1.807, 2.05) is 6.07 Å². The highest BCUT2D eigenvalue weighted by Gasteiger charge is 2.11. The zero-order valence-electron chi connectivity index (χ0n) is 11.7. The molecule has 0 spiro atoms. The molecule has 0 saturated heterocycles. The van der Waals surface area contributed by atoms with Crippen molar-refractivity contribution < 1.29 is 19.1 Å². The molecule has 0 heterocycles. The van der Waals surface area contributed by atoms with Crippen molar-refractivity contribution in [2.24, 2.45) is 5.10 Å². The van der Waals surface area contributed by atoms with E-state index in [0.29, 0.717) is 17.9 Å². The van der Waals surface area contributed by atoms with Gasteiger partial charge in [-0.05, 0) is 18.2 Å². The van der Waals surface area contributed by atoms with Gasteiger partial charge in [0, 0.05) is 23.7 Å². The Bertz CT molecular complexity index is 534. The molecule has 1 aromatic rings. The lowest BCUT2D eigenvalue weighted by Gasteiger charge is -2.05. The Balaban J connectivity index is 2.56. The maximum Gasteiger partial charge on any atom is 0.329 e. The molecule has 0 aromatic heterocycles. The smallest absolute Gasteiger partial charge is 0.329 e. The first-order valence-corrected chi connectivity index (χ1v) is 6.81. The molecule has 0 saturated carbocycles. The number of hydrogen-bond donors (Lipinski definition) is 2. The summed E-state index contributed by atoms with van der Waals surface area (Å²) in [7, 11) is 3.03. The van der Waals surface area contributed by atoms with Crippen molar-refractivity contribution in [3.63, 3.8) is 0 Å². The third-order valence-corrected chi connectivity index (χ3v) is 2.85. The Kier molecular flexibility index (Phi) is 7.41. The summed E-state index contributed by atoms with van der Waals surface area (Å²) in [5.41, 5.74) is 2.79. The van der Waals surface area contributed by atoms with Crippen LogP contribution in [-0.4, -0.2) is 45.4 Å². The van der Waals surface area contributed by atoms with Crippen molar-refractivity contribution in [1.82, 2.24) is 10.7 Å². The molecule has 1 rings (SSSR count). The quantitative estimate of drug-likeness (QED) is 0.339. The van der Waals surface area contributed by atoms with Crippen LogP contribution in [0.4, 0.5) is 0 Å². The standard InChI is InChI=1S/C13H16BrN3O4/c1-20-6-5-15-12(18)13(19)17-16-8-9-7-10(14)3-4-11(9)21-2/h3-4,7-8H,5-6H2,1-2H3,(H,15,18)(H,17,19)/b16-8+. The van der Waals surface area contributed by atoms with Crippen LogP contribution in [0.3, 0.4) is 0 Å².